The zero-order valence-corrected chi connectivity index (χ0v) is 24.2. The van der Waals surface area contributed by atoms with E-state index in [2.05, 4.69) is 37.1 Å². The molecule has 3 aromatic rings. The van der Waals surface area contributed by atoms with Gasteiger partial charge in [0.2, 0.25) is 0 Å². The lowest BCUT2D eigenvalue weighted by atomic mass is 9.83. The van der Waals surface area contributed by atoms with E-state index in [1.165, 1.54) is 29.4 Å². The monoisotopic (exact) mass is 568 g/mol. The molecule has 1 aromatic heterocycles. The van der Waals surface area contributed by atoms with Gasteiger partial charge in [-0.15, -0.1) is 11.3 Å². The number of ether oxygens (including phenoxy) is 1. The Hall–Kier alpha value is -3.43. The van der Waals surface area contributed by atoms with Crippen molar-refractivity contribution in [3.05, 3.63) is 74.7 Å². The zero-order valence-electron chi connectivity index (χ0n) is 23.4. The molecule has 1 amide bonds. The topological polar surface area (TPSA) is 88.5 Å². The molecule has 1 atom stereocenters. The van der Waals surface area contributed by atoms with Crippen LogP contribution >= 0.6 is 11.3 Å². The van der Waals surface area contributed by atoms with Gasteiger partial charge in [-0.1, -0.05) is 39.0 Å². The third-order valence-electron chi connectivity index (χ3n) is 7.10. The van der Waals surface area contributed by atoms with Crippen molar-refractivity contribution in [1.29, 1.82) is 0 Å². The Labute approximate surface area is 237 Å². The maximum Gasteiger partial charge on any atom is 0.331 e. The van der Waals surface area contributed by atoms with Crippen molar-refractivity contribution in [3.8, 4) is 11.3 Å². The molecule has 0 saturated heterocycles. The smallest absolute Gasteiger partial charge is 0.331 e. The molecule has 0 radical (unpaired) electrons. The number of aromatic nitrogens is 1. The number of nitrogens with zero attached hydrogens (tertiary/aromatic N) is 1. The van der Waals surface area contributed by atoms with Crippen LogP contribution in [0.15, 0.2) is 35.9 Å². The number of anilines is 1. The van der Waals surface area contributed by atoms with Gasteiger partial charge in [0.25, 0.3) is 5.91 Å². The number of thiazole rings is 1. The van der Waals surface area contributed by atoms with Gasteiger partial charge in [0, 0.05) is 33.7 Å². The maximum atomic E-state index is 14.6. The highest BCUT2D eigenvalue weighted by molar-refractivity contribution is 7.16. The molecule has 6 nitrogen and oxygen atoms in total. The summed E-state index contributed by atoms with van der Waals surface area (Å²) in [7, 11) is 0. The van der Waals surface area contributed by atoms with Crippen molar-refractivity contribution >= 4 is 34.4 Å². The Morgan fingerprint density at radius 2 is 1.90 bits per heavy atom. The lowest BCUT2D eigenvalue weighted by molar-refractivity contribution is -0.132. The maximum absolute atomic E-state index is 14.6. The number of carboxylic acid groups (broad SMARTS) is 1. The number of hydrogen-bond donors (Lipinski definition) is 2. The number of aryl methyl sites for hydroxylation is 2. The summed E-state index contributed by atoms with van der Waals surface area (Å²) in [5.74, 6) is -4.04. The van der Waals surface area contributed by atoms with E-state index in [0.717, 1.165) is 60.0 Å². The molecule has 0 saturated carbocycles. The van der Waals surface area contributed by atoms with Crippen molar-refractivity contribution in [2.24, 2.45) is 5.41 Å². The van der Waals surface area contributed by atoms with Gasteiger partial charge in [0.1, 0.15) is 11.6 Å². The lowest BCUT2D eigenvalue weighted by Gasteiger charge is -2.31. The van der Waals surface area contributed by atoms with E-state index in [4.69, 9.17) is 9.84 Å². The molecular formula is C31H34F2N2O4S. The van der Waals surface area contributed by atoms with Crippen molar-refractivity contribution in [3.63, 3.8) is 0 Å². The molecule has 2 N–H and O–H groups in total. The summed E-state index contributed by atoms with van der Waals surface area (Å²) in [6, 6.07) is 8.01. The van der Waals surface area contributed by atoms with E-state index in [1.54, 1.807) is 0 Å². The molecule has 1 heterocycles. The summed E-state index contributed by atoms with van der Waals surface area (Å²) in [5, 5.41) is 12.0. The van der Waals surface area contributed by atoms with Crippen LogP contribution in [0.3, 0.4) is 0 Å². The minimum atomic E-state index is -1.29. The van der Waals surface area contributed by atoms with E-state index in [0.29, 0.717) is 11.7 Å². The average Bonchev–Trinajstić information content (AvgIpc) is 3.30. The Morgan fingerprint density at radius 1 is 1.20 bits per heavy atom. The minimum Gasteiger partial charge on any atom is -0.478 e. The van der Waals surface area contributed by atoms with Crippen molar-refractivity contribution < 1.29 is 28.2 Å². The fourth-order valence-electron chi connectivity index (χ4n) is 4.96. The van der Waals surface area contributed by atoms with Gasteiger partial charge in [-0.3, -0.25) is 10.1 Å². The molecule has 1 unspecified atom stereocenters. The zero-order chi connectivity index (χ0) is 29.2. The number of hydrogen-bond acceptors (Lipinski definition) is 5. The van der Waals surface area contributed by atoms with Crippen LogP contribution < -0.4 is 5.32 Å². The van der Waals surface area contributed by atoms with Gasteiger partial charge in [0.05, 0.1) is 11.8 Å². The highest BCUT2D eigenvalue weighted by atomic mass is 32.1. The first-order valence-electron chi connectivity index (χ1n) is 13.3. The summed E-state index contributed by atoms with van der Waals surface area (Å²) in [4.78, 5) is 29.6. The molecule has 1 aliphatic rings. The fraction of sp³-hybridized carbons (Fsp3) is 0.387. The van der Waals surface area contributed by atoms with Crippen LogP contribution in [0.25, 0.3) is 17.3 Å². The van der Waals surface area contributed by atoms with Gasteiger partial charge in [-0.2, -0.15) is 0 Å². The third kappa shape index (κ3) is 6.47. The highest BCUT2D eigenvalue weighted by Crippen LogP contribution is 2.40. The van der Waals surface area contributed by atoms with E-state index in [9.17, 15) is 18.4 Å². The van der Waals surface area contributed by atoms with Gasteiger partial charge in [0.15, 0.2) is 5.13 Å². The molecule has 212 valence electrons. The molecule has 1 aliphatic carbocycles. The second-order valence-corrected chi connectivity index (χ2v) is 12.1. The van der Waals surface area contributed by atoms with E-state index in [1.807, 2.05) is 19.1 Å². The van der Waals surface area contributed by atoms with Crippen LogP contribution in [-0.2, 0) is 28.8 Å². The second-order valence-electron chi connectivity index (χ2n) is 11.0. The number of halogens is 2. The summed E-state index contributed by atoms with van der Waals surface area (Å²) in [5.41, 5.74) is 3.47. The number of carbonyl (C=O) groups excluding carboxylic acids is 1. The Balaban J connectivity index is 1.54. The number of amides is 1. The van der Waals surface area contributed by atoms with Gasteiger partial charge in [-0.05, 0) is 74.3 Å². The third-order valence-corrected chi connectivity index (χ3v) is 8.13. The molecule has 0 fully saturated rings. The quantitative estimate of drug-likeness (QED) is 0.264. The van der Waals surface area contributed by atoms with Crippen LogP contribution in [0.4, 0.5) is 13.9 Å². The number of carbonyl (C=O) groups is 2. The first-order chi connectivity index (χ1) is 18.9. The molecule has 4 rings (SSSR count). The van der Waals surface area contributed by atoms with Crippen LogP contribution in [-0.4, -0.2) is 34.7 Å². The van der Waals surface area contributed by atoms with E-state index >= 15 is 0 Å². The Kier molecular flexibility index (Phi) is 8.85. The fourth-order valence-corrected chi connectivity index (χ4v) is 5.93. The molecule has 40 heavy (non-hydrogen) atoms. The van der Waals surface area contributed by atoms with Crippen LogP contribution in [0, 0.1) is 17.0 Å². The number of fused-ring (bicyclic) bond motifs is 3. The van der Waals surface area contributed by atoms with E-state index < -0.39 is 29.1 Å². The number of carboxylic acids is 1. The van der Waals surface area contributed by atoms with Gasteiger partial charge < -0.3 is 9.84 Å². The SMILES string of the molecule is CCOC(CCc1cccc2c1CCc1sc(NC(=O)c3cc(F)c(/C=C(\C)C(=O)O)c(F)c3)nc1-2)C(C)(C)C. The predicted octanol–water partition coefficient (Wildman–Crippen LogP) is 7.31. The van der Waals surface area contributed by atoms with Crippen molar-refractivity contribution in [2.45, 2.75) is 66.4 Å². The molecule has 2 aromatic carbocycles. The number of aliphatic carboxylic acids is 1. The second kappa shape index (κ2) is 12.0. The first kappa shape index (κ1) is 29.6. The molecule has 0 aliphatic heterocycles. The lowest BCUT2D eigenvalue weighted by Crippen LogP contribution is -2.30. The predicted molar refractivity (Wildman–Crippen MR) is 154 cm³/mol. The Morgan fingerprint density at radius 3 is 2.52 bits per heavy atom. The van der Waals surface area contributed by atoms with Crippen LogP contribution in [0.5, 0.6) is 0 Å². The first-order valence-corrected chi connectivity index (χ1v) is 14.1. The van der Waals surface area contributed by atoms with Crippen LogP contribution in [0.1, 0.15) is 73.0 Å². The highest BCUT2D eigenvalue weighted by Gasteiger charge is 2.27. The van der Waals surface area contributed by atoms with Crippen molar-refractivity contribution in [2.75, 3.05) is 11.9 Å². The minimum absolute atomic E-state index is 0.0420. The van der Waals surface area contributed by atoms with E-state index in [-0.39, 0.29) is 22.7 Å². The average molecular weight is 569 g/mol. The number of nitrogens with one attached hydrogen (secondary N) is 1. The molecular weight excluding hydrogens is 534 g/mol. The molecule has 0 bridgehead atoms. The summed E-state index contributed by atoms with van der Waals surface area (Å²) < 4.78 is 35.2. The van der Waals surface area contributed by atoms with Gasteiger partial charge >= 0.3 is 5.97 Å². The summed E-state index contributed by atoms with van der Waals surface area (Å²) >= 11 is 1.35. The van der Waals surface area contributed by atoms with Gasteiger partial charge in [-0.25, -0.2) is 18.6 Å². The standard InChI is InChI=1S/C31H34F2N2O4S/c1-6-39-26(31(3,4)5)13-10-18-8-7-9-21-20(18)11-12-25-27(21)34-30(40-25)35-28(36)19-15-23(32)22(24(33)16-19)14-17(2)29(37)38/h7-9,14-16,26H,6,10-13H2,1-5H3,(H,37,38)(H,34,35,36)/b17-14+. The Bertz CT molecular complexity index is 1450. The number of rotatable bonds is 9. The summed E-state index contributed by atoms with van der Waals surface area (Å²) in [6.45, 7) is 10.5. The molecule has 9 heteroatoms. The normalized spacial score (nSPS) is 13.9. The number of benzene rings is 2. The van der Waals surface area contributed by atoms with Crippen molar-refractivity contribution in [1.82, 2.24) is 4.98 Å². The van der Waals surface area contributed by atoms with Crippen LogP contribution in [0.2, 0.25) is 0 Å². The summed E-state index contributed by atoms with van der Waals surface area (Å²) in [6.07, 6.45) is 4.50. The largest absolute Gasteiger partial charge is 0.478 e. The molecule has 0 spiro atoms.